The number of benzene rings is 1. The number of nitrogens with one attached hydrogen (secondary N) is 2. The van der Waals surface area contributed by atoms with Gasteiger partial charge in [0, 0.05) is 24.0 Å². The maximum Gasteiger partial charge on any atom is 0.250 e. The highest BCUT2D eigenvalue weighted by Crippen LogP contribution is 2.20. The summed E-state index contributed by atoms with van der Waals surface area (Å²) < 4.78 is 31.1. The van der Waals surface area contributed by atoms with Crippen molar-refractivity contribution in [2.45, 2.75) is 25.7 Å². The zero-order valence-corrected chi connectivity index (χ0v) is 15.3. The Kier molecular flexibility index (Phi) is 7.67. The number of aryl methyl sites for hydroxylation is 1. The highest BCUT2D eigenvalue weighted by atomic mass is 19.1. The molecule has 0 bridgehead atoms. The number of ether oxygens (including phenoxy) is 1. The van der Waals surface area contributed by atoms with Gasteiger partial charge in [-0.15, -0.1) is 0 Å². The summed E-state index contributed by atoms with van der Waals surface area (Å²) in [6.07, 6.45) is 1.57. The molecule has 9 heteroatoms. The molecule has 0 aliphatic heterocycles. The molecule has 2 aromatic rings. The number of phenolic OH excluding ortho intramolecular Hbond substituents is 1. The van der Waals surface area contributed by atoms with Crippen LogP contribution in [-0.2, 0) is 16.0 Å². The minimum Gasteiger partial charge on any atom is -0.505 e. The second-order valence-electron chi connectivity index (χ2n) is 5.99. The second kappa shape index (κ2) is 10.2. The number of aromatic hydroxyl groups is 1. The number of methoxy groups -OCH3 is 1. The average Bonchev–Trinajstić information content (AvgIpc) is 2.65. The van der Waals surface area contributed by atoms with Crippen molar-refractivity contribution in [2.24, 2.45) is 0 Å². The van der Waals surface area contributed by atoms with Crippen molar-refractivity contribution < 1.29 is 28.2 Å². The average molecular weight is 393 g/mol. The highest BCUT2D eigenvalue weighted by molar-refractivity contribution is 6.03. The Balaban J connectivity index is 1.65. The molecule has 3 N–H and O–H groups in total. The van der Waals surface area contributed by atoms with E-state index in [4.69, 9.17) is 4.74 Å². The molecule has 150 valence electrons. The van der Waals surface area contributed by atoms with Gasteiger partial charge in [-0.3, -0.25) is 9.59 Å². The smallest absolute Gasteiger partial charge is 0.250 e. The van der Waals surface area contributed by atoms with Crippen LogP contribution in [0.3, 0.4) is 0 Å². The zero-order chi connectivity index (χ0) is 20.5. The number of rotatable bonds is 9. The molecule has 0 spiro atoms. The monoisotopic (exact) mass is 393 g/mol. The van der Waals surface area contributed by atoms with Crippen LogP contribution in [0.15, 0.2) is 30.3 Å². The summed E-state index contributed by atoms with van der Waals surface area (Å²) in [7, 11) is 1.35. The van der Waals surface area contributed by atoms with Gasteiger partial charge in [-0.1, -0.05) is 0 Å². The van der Waals surface area contributed by atoms with Crippen LogP contribution in [0.25, 0.3) is 0 Å². The van der Waals surface area contributed by atoms with Crippen LogP contribution < -0.4 is 15.4 Å². The van der Waals surface area contributed by atoms with Gasteiger partial charge < -0.3 is 20.5 Å². The molecule has 7 nitrogen and oxygen atoms in total. The van der Waals surface area contributed by atoms with Gasteiger partial charge in [0.1, 0.15) is 6.42 Å². The molecule has 0 fully saturated rings. The molecule has 1 aromatic heterocycles. The van der Waals surface area contributed by atoms with E-state index in [0.29, 0.717) is 31.5 Å². The number of carbonyl (C=O) groups excluding carboxylic acids is 2. The van der Waals surface area contributed by atoms with Crippen LogP contribution in [0.5, 0.6) is 11.6 Å². The van der Waals surface area contributed by atoms with Crippen molar-refractivity contribution in [3.63, 3.8) is 0 Å². The lowest BCUT2D eigenvalue weighted by Gasteiger charge is -2.08. The summed E-state index contributed by atoms with van der Waals surface area (Å²) in [5.41, 5.74) is 0.880. The fourth-order valence-electron chi connectivity index (χ4n) is 2.41. The first kappa shape index (κ1) is 21.1. The molecule has 0 atom stereocenters. The van der Waals surface area contributed by atoms with E-state index in [1.54, 1.807) is 6.07 Å². The summed E-state index contributed by atoms with van der Waals surface area (Å²) in [6, 6.07) is 6.22. The molecular formula is C19H21F2N3O4. The Morgan fingerprint density at radius 2 is 1.86 bits per heavy atom. The van der Waals surface area contributed by atoms with E-state index in [1.807, 2.05) is 0 Å². The maximum atomic E-state index is 13.3. The first-order chi connectivity index (χ1) is 13.4. The molecule has 0 saturated carbocycles. The van der Waals surface area contributed by atoms with Crippen molar-refractivity contribution in [3.05, 3.63) is 47.7 Å². The fraction of sp³-hybridized carbons (Fsp3) is 0.316. The Morgan fingerprint density at radius 3 is 2.57 bits per heavy atom. The molecule has 0 saturated heterocycles. The van der Waals surface area contributed by atoms with Gasteiger partial charge in [0.05, 0.1) is 7.11 Å². The topological polar surface area (TPSA) is 101 Å². The van der Waals surface area contributed by atoms with Crippen LogP contribution in [0, 0.1) is 11.6 Å². The summed E-state index contributed by atoms with van der Waals surface area (Å²) in [6.45, 7) is 0.377. The molecule has 28 heavy (non-hydrogen) atoms. The fourth-order valence-corrected chi connectivity index (χ4v) is 2.41. The Bertz CT molecular complexity index is 846. The van der Waals surface area contributed by atoms with E-state index < -0.39 is 35.6 Å². The van der Waals surface area contributed by atoms with Crippen LogP contribution in [-0.4, -0.2) is 35.6 Å². The molecular weight excluding hydrogens is 372 g/mol. The summed E-state index contributed by atoms with van der Waals surface area (Å²) in [4.78, 5) is 27.6. The number of phenols is 1. The predicted molar refractivity (Wildman–Crippen MR) is 98.0 cm³/mol. The second-order valence-corrected chi connectivity index (χ2v) is 5.99. The normalized spacial score (nSPS) is 10.4. The Labute approximate surface area is 160 Å². The number of anilines is 1. The van der Waals surface area contributed by atoms with E-state index in [0.717, 1.165) is 12.1 Å². The van der Waals surface area contributed by atoms with Crippen LogP contribution >= 0.6 is 0 Å². The lowest BCUT2D eigenvalue weighted by molar-refractivity contribution is -0.126. The molecule has 2 amide bonds. The van der Waals surface area contributed by atoms with Gasteiger partial charge in [0.15, 0.2) is 17.4 Å². The maximum absolute atomic E-state index is 13.3. The lowest BCUT2D eigenvalue weighted by atomic mass is 10.2. The van der Waals surface area contributed by atoms with E-state index in [1.165, 1.54) is 19.2 Å². The minimum absolute atomic E-state index is 0.0497. The molecule has 0 aliphatic rings. The number of amides is 2. The van der Waals surface area contributed by atoms with Crippen molar-refractivity contribution >= 4 is 17.5 Å². The molecule has 0 aliphatic carbocycles. The number of pyridine rings is 1. The molecule has 2 rings (SSSR count). The third-order valence-electron chi connectivity index (χ3n) is 3.80. The first-order valence-electron chi connectivity index (χ1n) is 8.63. The number of hydrogen-bond acceptors (Lipinski definition) is 5. The first-order valence-corrected chi connectivity index (χ1v) is 8.63. The largest absolute Gasteiger partial charge is 0.505 e. The van der Waals surface area contributed by atoms with Gasteiger partial charge in [-0.2, -0.15) is 0 Å². The van der Waals surface area contributed by atoms with E-state index in [-0.39, 0.29) is 11.6 Å². The number of halogens is 2. The standard InChI is InChI=1S/C19H21F2N3O4/c1-28-19-15(21)8-5-12(24-19)4-2-3-9-22-17(26)11-18(27)23-13-6-7-14(20)16(25)10-13/h5-8,10,25H,2-4,9,11H2,1H3,(H,22,26)(H,23,27). The van der Waals surface area contributed by atoms with Crippen molar-refractivity contribution in [1.29, 1.82) is 0 Å². The van der Waals surface area contributed by atoms with Gasteiger partial charge in [0.25, 0.3) is 0 Å². The molecule has 0 unspecified atom stereocenters. The lowest BCUT2D eigenvalue weighted by Crippen LogP contribution is -2.28. The molecule has 1 aromatic carbocycles. The number of nitrogens with zero attached hydrogens (tertiary/aromatic N) is 1. The Hall–Kier alpha value is -3.23. The minimum atomic E-state index is -0.801. The van der Waals surface area contributed by atoms with Crippen molar-refractivity contribution in [2.75, 3.05) is 19.0 Å². The van der Waals surface area contributed by atoms with Gasteiger partial charge >= 0.3 is 0 Å². The van der Waals surface area contributed by atoms with E-state index in [9.17, 15) is 23.5 Å². The van der Waals surface area contributed by atoms with E-state index in [2.05, 4.69) is 15.6 Å². The van der Waals surface area contributed by atoms with Crippen LogP contribution in [0.2, 0.25) is 0 Å². The summed E-state index contributed by atoms with van der Waals surface area (Å²) in [5.74, 6) is -2.99. The quantitative estimate of drug-likeness (QED) is 0.449. The van der Waals surface area contributed by atoms with Crippen LogP contribution in [0.1, 0.15) is 25.0 Å². The van der Waals surface area contributed by atoms with Gasteiger partial charge in [-0.25, -0.2) is 13.8 Å². The third-order valence-corrected chi connectivity index (χ3v) is 3.80. The SMILES string of the molecule is COc1nc(CCCCNC(=O)CC(=O)Nc2ccc(F)c(O)c2)ccc1F. The summed E-state index contributed by atoms with van der Waals surface area (Å²) >= 11 is 0. The van der Waals surface area contributed by atoms with Gasteiger partial charge in [0.2, 0.25) is 17.7 Å². The Morgan fingerprint density at radius 1 is 1.11 bits per heavy atom. The predicted octanol–water partition coefficient (Wildman–Crippen LogP) is 2.54. The molecule has 0 radical (unpaired) electrons. The van der Waals surface area contributed by atoms with Crippen LogP contribution in [0.4, 0.5) is 14.5 Å². The number of hydrogen-bond donors (Lipinski definition) is 3. The third kappa shape index (κ3) is 6.49. The summed E-state index contributed by atoms with van der Waals surface area (Å²) in [5, 5.41) is 14.3. The van der Waals surface area contributed by atoms with Crippen molar-refractivity contribution in [1.82, 2.24) is 10.3 Å². The number of carbonyl (C=O) groups is 2. The van der Waals surface area contributed by atoms with E-state index >= 15 is 0 Å². The molecule has 1 heterocycles. The van der Waals surface area contributed by atoms with Gasteiger partial charge in [-0.05, 0) is 43.5 Å². The highest BCUT2D eigenvalue weighted by Gasteiger charge is 2.11. The number of aromatic nitrogens is 1. The zero-order valence-electron chi connectivity index (χ0n) is 15.3. The van der Waals surface area contributed by atoms with Crippen molar-refractivity contribution in [3.8, 4) is 11.6 Å². The number of unbranched alkanes of at least 4 members (excludes halogenated alkanes) is 1.